The van der Waals surface area contributed by atoms with Crippen LogP contribution < -0.4 is 25.2 Å². The number of methoxy groups -OCH3 is 3. The standard InChI is InChI=1S/C27H31NO7/c1-17-15-21(29)24(27(31)35-17)20(19-12-13-22(32-2)26(34-4)25(19)33-3)16-23(30)28-14-8-11-18-9-6-5-7-10-18/h5-7,9-10,12-13,15,20,29H,8,11,14,16H2,1-4H3,(H,28,30)/t20-/m1/s1. The Morgan fingerprint density at radius 3 is 2.37 bits per heavy atom. The molecule has 35 heavy (non-hydrogen) atoms. The number of carbonyl (C=O) groups is 1. The molecular weight excluding hydrogens is 450 g/mol. The van der Waals surface area contributed by atoms with Crippen LogP contribution >= 0.6 is 0 Å². The Kier molecular flexibility index (Phi) is 8.78. The molecule has 186 valence electrons. The van der Waals surface area contributed by atoms with Gasteiger partial charge in [-0.25, -0.2) is 4.79 Å². The average Bonchev–Trinajstić information content (AvgIpc) is 2.85. The van der Waals surface area contributed by atoms with Crippen LogP contribution in [-0.4, -0.2) is 38.9 Å². The minimum Gasteiger partial charge on any atom is -0.507 e. The van der Waals surface area contributed by atoms with E-state index in [0.29, 0.717) is 29.4 Å². The lowest BCUT2D eigenvalue weighted by molar-refractivity contribution is -0.121. The number of nitrogens with one attached hydrogen (secondary N) is 1. The molecule has 0 aliphatic carbocycles. The molecule has 0 aliphatic heterocycles. The van der Waals surface area contributed by atoms with Crippen LogP contribution in [-0.2, 0) is 11.2 Å². The van der Waals surface area contributed by atoms with Gasteiger partial charge in [-0.2, -0.15) is 0 Å². The number of hydrogen-bond donors (Lipinski definition) is 2. The fraction of sp³-hybridized carbons (Fsp3) is 0.333. The van der Waals surface area contributed by atoms with Gasteiger partial charge < -0.3 is 29.1 Å². The zero-order valence-electron chi connectivity index (χ0n) is 20.4. The van der Waals surface area contributed by atoms with Gasteiger partial charge in [0.05, 0.1) is 26.9 Å². The van der Waals surface area contributed by atoms with Gasteiger partial charge in [-0.3, -0.25) is 4.79 Å². The zero-order chi connectivity index (χ0) is 25.4. The van der Waals surface area contributed by atoms with Crippen molar-refractivity contribution in [3.8, 4) is 23.0 Å². The van der Waals surface area contributed by atoms with E-state index in [1.54, 1.807) is 19.1 Å². The Morgan fingerprint density at radius 2 is 1.74 bits per heavy atom. The largest absolute Gasteiger partial charge is 0.507 e. The highest BCUT2D eigenvalue weighted by Crippen LogP contribution is 2.45. The summed E-state index contributed by atoms with van der Waals surface area (Å²) in [7, 11) is 4.42. The van der Waals surface area contributed by atoms with E-state index in [4.69, 9.17) is 18.6 Å². The van der Waals surface area contributed by atoms with Gasteiger partial charge in [-0.15, -0.1) is 0 Å². The molecule has 0 fully saturated rings. The molecular formula is C27H31NO7. The van der Waals surface area contributed by atoms with Gasteiger partial charge >= 0.3 is 5.63 Å². The van der Waals surface area contributed by atoms with Crippen molar-refractivity contribution >= 4 is 5.91 Å². The highest BCUT2D eigenvalue weighted by Gasteiger charge is 2.30. The number of amides is 1. The third-order valence-electron chi connectivity index (χ3n) is 5.74. The van der Waals surface area contributed by atoms with Crippen LogP contribution in [0, 0.1) is 6.92 Å². The summed E-state index contributed by atoms with van der Waals surface area (Å²) < 4.78 is 21.7. The number of aromatic hydroxyl groups is 1. The van der Waals surface area contributed by atoms with Crippen LogP contribution in [0.4, 0.5) is 0 Å². The average molecular weight is 482 g/mol. The molecule has 0 aliphatic rings. The van der Waals surface area contributed by atoms with Gasteiger partial charge in [0.1, 0.15) is 11.5 Å². The summed E-state index contributed by atoms with van der Waals surface area (Å²) in [5.74, 6) is -0.0747. The molecule has 0 saturated carbocycles. The van der Waals surface area contributed by atoms with Crippen LogP contribution in [0.1, 0.15) is 41.2 Å². The first-order valence-electron chi connectivity index (χ1n) is 11.3. The molecule has 8 heteroatoms. The molecule has 1 amide bonds. The number of ether oxygens (including phenoxy) is 3. The molecule has 2 aromatic carbocycles. The minimum atomic E-state index is -0.851. The lowest BCUT2D eigenvalue weighted by Gasteiger charge is -2.22. The number of aryl methyl sites for hydroxylation is 2. The first-order valence-corrected chi connectivity index (χ1v) is 11.3. The first-order chi connectivity index (χ1) is 16.9. The van der Waals surface area contributed by atoms with E-state index in [1.165, 1.54) is 33.0 Å². The quantitative estimate of drug-likeness (QED) is 0.399. The molecule has 0 spiro atoms. The van der Waals surface area contributed by atoms with Gasteiger partial charge in [0.15, 0.2) is 11.5 Å². The van der Waals surface area contributed by atoms with E-state index < -0.39 is 11.5 Å². The van der Waals surface area contributed by atoms with E-state index in [9.17, 15) is 14.7 Å². The van der Waals surface area contributed by atoms with E-state index in [1.807, 2.05) is 30.3 Å². The summed E-state index contributed by atoms with van der Waals surface area (Å²) in [6.07, 6.45) is 1.48. The van der Waals surface area contributed by atoms with Gasteiger partial charge in [0, 0.05) is 30.5 Å². The van der Waals surface area contributed by atoms with Gasteiger partial charge in [0.2, 0.25) is 11.7 Å². The number of carbonyl (C=O) groups excluding carboxylic acids is 1. The second-order valence-corrected chi connectivity index (χ2v) is 8.06. The summed E-state index contributed by atoms with van der Waals surface area (Å²) in [5.41, 5.74) is 0.926. The Balaban J connectivity index is 1.90. The highest BCUT2D eigenvalue weighted by atomic mass is 16.5. The van der Waals surface area contributed by atoms with Crippen molar-refractivity contribution in [3.05, 3.63) is 81.4 Å². The van der Waals surface area contributed by atoms with Crippen LogP contribution in [0.15, 0.2) is 57.7 Å². The molecule has 2 N–H and O–H groups in total. The van der Waals surface area contributed by atoms with Crippen molar-refractivity contribution in [1.29, 1.82) is 0 Å². The highest BCUT2D eigenvalue weighted by molar-refractivity contribution is 5.78. The number of hydrogen-bond acceptors (Lipinski definition) is 7. The van der Waals surface area contributed by atoms with Gasteiger partial charge in [0.25, 0.3) is 0 Å². The maximum Gasteiger partial charge on any atom is 0.343 e. The third kappa shape index (κ3) is 6.15. The van der Waals surface area contributed by atoms with Crippen molar-refractivity contribution in [1.82, 2.24) is 5.32 Å². The van der Waals surface area contributed by atoms with Gasteiger partial charge in [-0.05, 0) is 31.4 Å². The molecule has 3 aromatic rings. The SMILES string of the molecule is COc1ccc([C@@H](CC(=O)NCCCc2ccccc2)c2c(O)cc(C)oc2=O)c(OC)c1OC. The third-order valence-corrected chi connectivity index (χ3v) is 5.74. The summed E-state index contributed by atoms with van der Waals surface area (Å²) in [5, 5.41) is 13.6. The normalized spacial score (nSPS) is 11.5. The number of benzene rings is 2. The molecule has 1 heterocycles. The first kappa shape index (κ1) is 25.7. The minimum absolute atomic E-state index is 0.0273. The molecule has 0 bridgehead atoms. The summed E-state index contributed by atoms with van der Waals surface area (Å²) in [6.45, 7) is 2.04. The summed E-state index contributed by atoms with van der Waals surface area (Å²) in [6, 6.07) is 14.7. The molecule has 3 rings (SSSR count). The molecule has 0 unspecified atom stereocenters. The van der Waals surface area contributed by atoms with Crippen molar-refractivity contribution in [2.24, 2.45) is 0 Å². The Morgan fingerprint density at radius 1 is 1.03 bits per heavy atom. The maximum atomic E-state index is 13.0. The predicted octanol–water partition coefficient (Wildman–Crippen LogP) is 3.95. The van der Waals surface area contributed by atoms with Crippen LogP contribution in [0.2, 0.25) is 0 Å². The topological polar surface area (TPSA) is 107 Å². The van der Waals surface area contributed by atoms with Crippen molar-refractivity contribution in [2.75, 3.05) is 27.9 Å². The number of rotatable bonds is 11. The molecule has 8 nitrogen and oxygen atoms in total. The van der Waals surface area contributed by atoms with Crippen molar-refractivity contribution in [3.63, 3.8) is 0 Å². The molecule has 1 aromatic heterocycles. The van der Waals surface area contributed by atoms with E-state index in [-0.39, 0.29) is 29.4 Å². The molecule has 0 radical (unpaired) electrons. The van der Waals surface area contributed by atoms with Crippen LogP contribution in [0.3, 0.4) is 0 Å². The fourth-order valence-corrected chi connectivity index (χ4v) is 4.12. The van der Waals surface area contributed by atoms with E-state index in [0.717, 1.165) is 12.8 Å². The van der Waals surface area contributed by atoms with Crippen LogP contribution in [0.5, 0.6) is 23.0 Å². The predicted molar refractivity (Wildman–Crippen MR) is 132 cm³/mol. The summed E-state index contributed by atoms with van der Waals surface area (Å²) >= 11 is 0. The molecule has 1 atom stereocenters. The Hall–Kier alpha value is -3.94. The summed E-state index contributed by atoms with van der Waals surface area (Å²) in [4.78, 5) is 25.8. The van der Waals surface area contributed by atoms with Crippen LogP contribution in [0.25, 0.3) is 0 Å². The maximum absolute atomic E-state index is 13.0. The Labute approximate surface area is 204 Å². The smallest absolute Gasteiger partial charge is 0.343 e. The van der Waals surface area contributed by atoms with E-state index >= 15 is 0 Å². The molecule has 0 saturated heterocycles. The van der Waals surface area contributed by atoms with Crippen molar-refractivity contribution < 1.29 is 28.5 Å². The lowest BCUT2D eigenvalue weighted by Crippen LogP contribution is -2.28. The second-order valence-electron chi connectivity index (χ2n) is 8.06. The van der Waals surface area contributed by atoms with Gasteiger partial charge in [-0.1, -0.05) is 36.4 Å². The van der Waals surface area contributed by atoms with Crippen molar-refractivity contribution in [2.45, 2.75) is 32.1 Å². The lowest BCUT2D eigenvalue weighted by atomic mass is 9.87. The second kappa shape index (κ2) is 12.0. The Bertz CT molecular complexity index is 1200. The monoisotopic (exact) mass is 481 g/mol. The fourth-order valence-electron chi connectivity index (χ4n) is 4.12. The zero-order valence-corrected chi connectivity index (χ0v) is 20.4. The van der Waals surface area contributed by atoms with E-state index in [2.05, 4.69) is 5.32 Å².